The predicted molar refractivity (Wildman–Crippen MR) is 39.0 cm³/mol. The van der Waals surface area contributed by atoms with Gasteiger partial charge in [0.1, 0.15) is 5.69 Å². The first-order chi connectivity index (χ1) is 4.63. The lowest BCUT2D eigenvalue weighted by molar-refractivity contribution is 0.784. The fourth-order valence-electron chi connectivity index (χ4n) is 0.735. The van der Waals surface area contributed by atoms with Gasteiger partial charge >= 0.3 is 0 Å². The minimum Gasteiger partial charge on any atom is -0.313 e. The first-order valence-electron chi connectivity index (χ1n) is 3.12. The van der Waals surface area contributed by atoms with Crippen LogP contribution in [-0.4, -0.2) is 9.55 Å². The Morgan fingerprint density at radius 1 is 1.50 bits per heavy atom. The van der Waals surface area contributed by atoms with Gasteiger partial charge in [-0.15, -0.1) is 0 Å². The highest BCUT2D eigenvalue weighted by molar-refractivity contribution is 5.01. The van der Waals surface area contributed by atoms with Crippen LogP contribution >= 0.6 is 0 Å². The third kappa shape index (κ3) is 0.943. The van der Waals surface area contributed by atoms with Crippen molar-refractivity contribution in [1.29, 1.82) is 0 Å². The van der Waals surface area contributed by atoms with E-state index in [1.807, 2.05) is 6.92 Å². The molecule has 1 heterocycles. The molecule has 0 aromatic carbocycles. The number of nitrogens with zero attached hydrogens (tertiary/aromatic N) is 2. The number of hydrogen-bond acceptors (Lipinski definition) is 2. The molecule has 3 nitrogen and oxygen atoms in total. The Kier molecular flexibility index (Phi) is 1.57. The monoisotopic (exact) mass is 138 g/mol. The molecule has 54 valence electrons. The molecule has 1 aromatic rings. The van der Waals surface area contributed by atoms with E-state index in [0.717, 1.165) is 5.69 Å². The van der Waals surface area contributed by atoms with Crippen LogP contribution < -0.4 is 5.56 Å². The minimum atomic E-state index is -0.0139. The van der Waals surface area contributed by atoms with E-state index in [0.29, 0.717) is 5.69 Å². The molecule has 0 N–H and O–H groups in total. The summed E-state index contributed by atoms with van der Waals surface area (Å²) in [4.78, 5) is 15.0. The molecule has 0 saturated carbocycles. The van der Waals surface area contributed by atoms with E-state index < -0.39 is 0 Å². The second-order valence-electron chi connectivity index (χ2n) is 2.35. The van der Waals surface area contributed by atoms with Crippen LogP contribution in [0.1, 0.15) is 11.4 Å². The van der Waals surface area contributed by atoms with Crippen LogP contribution in [-0.2, 0) is 7.05 Å². The summed E-state index contributed by atoms with van der Waals surface area (Å²) in [6, 6.07) is 0. The molecule has 0 aliphatic heterocycles. The van der Waals surface area contributed by atoms with Gasteiger partial charge in [0.25, 0.3) is 5.56 Å². The van der Waals surface area contributed by atoms with Crippen molar-refractivity contribution in [3.63, 3.8) is 0 Å². The lowest BCUT2D eigenvalue weighted by Crippen LogP contribution is -2.22. The van der Waals surface area contributed by atoms with Crippen LogP contribution in [0.4, 0.5) is 0 Å². The SMILES string of the molecule is Cc1ncc(C)n(C)c1=O. The molecular formula is C7H10N2O. The Labute approximate surface area is 59.3 Å². The summed E-state index contributed by atoms with van der Waals surface area (Å²) in [5.41, 5.74) is 1.42. The fourth-order valence-corrected chi connectivity index (χ4v) is 0.735. The van der Waals surface area contributed by atoms with Crippen LogP contribution in [0.15, 0.2) is 11.0 Å². The molecule has 0 spiro atoms. The Morgan fingerprint density at radius 3 is 2.60 bits per heavy atom. The molecule has 0 saturated heterocycles. The van der Waals surface area contributed by atoms with Crippen molar-refractivity contribution in [2.75, 3.05) is 0 Å². The average molecular weight is 138 g/mol. The summed E-state index contributed by atoms with van der Waals surface area (Å²) >= 11 is 0. The summed E-state index contributed by atoms with van der Waals surface area (Å²) in [5, 5.41) is 0. The van der Waals surface area contributed by atoms with Crippen molar-refractivity contribution in [3.05, 3.63) is 27.9 Å². The molecule has 0 radical (unpaired) electrons. The number of aromatic nitrogens is 2. The van der Waals surface area contributed by atoms with Crippen molar-refractivity contribution in [2.45, 2.75) is 13.8 Å². The molecule has 0 amide bonds. The lowest BCUT2D eigenvalue weighted by atomic mass is 10.4. The van der Waals surface area contributed by atoms with E-state index in [2.05, 4.69) is 4.98 Å². The number of hydrogen-bond donors (Lipinski definition) is 0. The van der Waals surface area contributed by atoms with Crippen LogP contribution in [0.3, 0.4) is 0 Å². The van der Waals surface area contributed by atoms with E-state index >= 15 is 0 Å². The first kappa shape index (κ1) is 6.99. The number of aryl methyl sites for hydroxylation is 2. The van der Waals surface area contributed by atoms with Crippen molar-refractivity contribution in [2.24, 2.45) is 7.05 Å². The molecule has 0 unspecified atom stereocenters. The van der Waals surface area contributed by atoms with Crippen LogP contribution in [0, 0.1) is 13.8 Å². The zero-order chi connectivity index (χ0) is 7.72. The highest BCUT2D eigenvalue weighted by atomic mass is 16.1. The van der Waals surface area contributed by atoms with E-state index in [4.69, 9.17) is 0 Å². The molecule has 1 aromatic heterocycles. The van der Waals surface area contributed by atoms with Crippen molar-refractivity contribution < 1.29 is 0 Å². The topological polar surface area (TPSA) is 34.9 Å². The Bertz CT molecular complexity index is 301. The number of rotatable bonds is 0. The van der Waals surface area contributed by atoms with Crippen molar-refractivity contribution >= 4 is 0 Å². The largest absolute Gasteiger partial charge is 0.313 e. The highest BCUT2D eigenvalue weighted by Crippen LogP contribution is 1.88. The summed E-state index contributed by atoms with van der Waals surface area (Å²) in [5.74, 6) is 0. The molecule has 3 heteroatoms. The smallest absolute Gasteiger partial charge is 0.271 e. The zero-order valence-electron chi connectivity index (χ0n) is 6.38. The van der Waals surface area contributed by atoms with Gasteiger partial charge in [0, 0.05) is 18.9 Å². The maximum atomic E-state index is 11.1. The predicted octanol–water partition coefficient (Wildman–Crippen LogP) is 0.397. The zero-order valence-corrected chi connectivity index (χ0v) is 6.38. The molecule has 0 aliphatic carbocycles. The van der Waals surface area contributed by atoms with E-state index in [1.165, 1.54) is 0 Å². The molecule has 0 aliphatic rings. The maximum Gasteiger partial charge on any atom is 0.271 e. The second-order valence-corrected chi connectivity index (χ2v) is 2.35. The van der Waals surface area contributed by atoms with Crippen molar-refractivity contribution in [3.8, 4) is 0 Å². The normalized spacial score (nSPS) is 9.90. The van der Waals surface area contributed by atoms with Gasteiger partial charge in [-0.2, -0.15) is 0 Å². The van der Waals surface area contributed by atoms with Gasteiger partial charge < -0.3 is 4.57 Å². The molecular weight excluding hydrogens is 128 g/mol. The first-order valence-corrected chi connectivity index (χ1v) is 3.12. The lowest BCUT2D eigenvalue weighted by Gasteiger charge is -2.01. The van der Waals surface area contributed by atoms with Crippen LogP contribution in [0.5, 0.6) is 0 Å². The van der Waals surface area contributed by atoms with Crippen LogP contribution in [0.25, 0.3) is 0 Å². The standard InChI is InChI=1S/C7H10N2O/c1-5-4-8-6(2)7(10)9(5)3/h4H,1-3H3. The van der Waals surface area contributed by atoms with E-state index in [9.17, 15) is 4.79 Å². The third-order valence-corrected chi connectivity index (χ3v) is 1.59. The van der Waals surface area contributed by atoms with E-state index in [-0.39, 0.29) is 5.56 Å². The Morgan fingerprint density at radius 2 is 2.10 bits per heavy atom. The molecule has 10 heavy (non-hydrogen) atoms. The van der Waals surface area contributed by atoms with Gasteiger partial charge in [0.2, 0.25) is 0 Å². The van der Waals surface area contributed by atoms with E-state index in [1.54, 1.807) is 24.7 Å². The molecule has 0 bridgehead atoms. The third-order valence-electron chi connectivity index (χ3n) is 1.59. The van der Waals surface area contributed by atoms with Crippen molar-refractivity contribution in [1.82, 2.24) is 9.55 Å². The summed E-state index contributed by atoms with van der Waals surface area (Å²) < 4.78 is 1.59. The van der Waals surface area contributed by atoms with Gasteiger partial charge in [-0.05, 0) is 13.8 Å². The molecule has 1 rings (SSSR count). The summed E-state index contributed by atoms with van der Waals surface area (Å²) in [7, 11) is 1.74. The molecule has 0 atom stereocenters. The average Bonchev–Trinajstić information content (AvgIpc) is 1.93. The summed E-state index contributed by atoms with van der Waals surface area (Å²) in [6.45, 7) is 3.57. The Balaban J connectivity index is 3.50. The second kappa shape index (κ2) is 2.25. The van der Waals surface area contributed by atoms with Gasteiger partial charge in [-0.25, -0.2) is 0 Å². The quantitative estimate of drug-likeness (QED) is 0.520. The molecule has 0 fully saturated rings. The van der Waals surface area contributed by atoms with Gasteiger partial charge in [-0.1, -0.05) is 0 Å². The fraction of sp³-hybridized carbons (Fsp3) is 0.429. The minimum absolute atomic E-state index is 0.0139. The summed E-state index contributed by atoms with van der Waals surface area (Å²) in [6.07, 6.45) is 1.69. The van der Waals surface area contributed by atoms with Gasteiger partial charge in [-0.3, -0.25) is 9.78 Å². The Hall–Kier alpha value is -1.12. The highest BCUT2D eigenvalue weighted by Gasteiger charge is 1.97. The van der Waals surface area contributed by atoms with Crippen LogP contribution in [0.2, 0.25) is 0 Å². The maximum absolute atomic E-state index is 11.1. The van der Waals surface area contributed by atoms with Gasteiger partial charge in [0.15, 0.2) is 0 Å². The van der Waals surface area contributed by atoms with Gasteiger partial charge in [0.05, 0.1) is 0 Å².